The molecule has 18 heavy (non-hydrogen) atoms. The van der Waals surface area contributed by atoms with E-state index in [0.717, 1.165) is 18.0 Å². The van der Waals surface area contributed by atoms with Crippen molar-refractivity contribution in [2.24, 2.45) is 5.92 Å². The summed E-state index contributed by atoms with van der Waals surface area (Å²) in [6, 6.07) is 1.63. The third kappa shape index (κ3) is 3.71. The fourth-order valence-electron chi connectivity index (χ4n) is 4.01. The number of nitrogens with zero attached hydrogens (tertiary/aromatic N) is 1. The molecule has 1 saturated heterocycles. The molecule has 2 nitrogen and oxygen atoms in total. The van der Waals surface area contributed by atoms with Gasteiger partial charge in [-0.3, -0.25) is 4.90 Å². The van der Waals surface area contributed by atoms with Gasteiger partial charge >= 0.3 is 0 Å². The number of piperidine rings is 1. The van der Waals surface area contributed by atoms with E-state index in [4.69, 9.17) is 0 Å². The number of rotatable bonds is 5. The molecule has 106 valence electrons. The Labute approximate surface area is 114 Å². The molecule has 1 N–H and O–H groups in total. The van der Waals surface area contributed by atoms with Gasteiger partial charge in [-0.25, -0.2) is 0 Å². The molecule has 0 aromatic rings. The van der Waals surface area contributed by atoms with Gasteiger partial charge in [0.2, 0.25) is 0 Å². The second-order valence-electron chi connectivity index (χ2n) is 6.25. The summed E-state index contributed by atoms with van der Waals surface area (Å²) in [6.07, 6.45) is 11.4. The Hall–Kier alpha value is -0.0800. The highest BCUT2D eigenvalue weighted by molar-refractivity contribution is 4.85. The van der Waals surface area contributed by atoms with Crippen molar-refractivity contribution < 1.29 is 0 Å². The van der Waals surface area contributed by atoms with Crippen LogP contribution in [0.2, 0.25) is 0 Å². The maximum atomic E-state index is 3.71. The Morgan fingerprint density at radius 2 is 1.78 bits per heavy atom. The molecule has 0 bridgehead atoms. The van der Waals surface area contributed by atoms with Gasteiger partial charge in [-0.05, 0) is 44.7 Å². The smallest absolute Gasteiger partial charge is 0.0195 e. The van der Waals surface area contributed by atoms with Gasteiger partial charge in [0.15, 0.2) is 0 Å². The van der Waals surface area contributed by atoms with E-state index in [1.807, 2.05) is 0 Å². The molecule has 2 aliphatic rings. The summed E-state index contributed by atoms with van der Waals surface area (Å²) in [4.78, 5) is 2.79. The molecule has 0 aromatic carbocycles. The van der Waals surface area contributed by atoms with E-state index in [1.165, 1.54) is 71.0 Å². The van der Waals surface area contributed by atoms with E-state index in [-0.39, 0.29) is 0 Å². The predicted molar refractivity (Wildman–Crippen MR) is 78.9 cm³/mol. The van der Waals surface area contributed by atoms with Crippen molar-refractivity contribution in [2.45, 2.75) is 77.3 Å². The minimum Gasteiger partial charge on any atom is -0.313 e. The molecule has 2 rings (SSSR count). The van der Waals surface area contributed by atoms with Gasteiger partial charge in [0.05, 0.1) is 0 Å². The SMILES string of the molecule is CCC1CCCCC1N(CC)CC1CCCCN1. The summed E-state index contributed by atoms with van der Waals surface area (Å²) in [5.74, 6) is 0.960. The lowest BCUT2D eigenvalue weighted by atomic mass is 9.81. The van der Waals surface area contributed by atoms with Crippen LogP contribution in [0.4, 0.5) is 0 Å². The van der Waals surface area contributed by atoms with E-state index < -0.39 is 0 Å². The van der Waals surface area contributed by atoms with Crippen molar-refractivity contribution in [3.8, 4) is 0 Å². The van der Waals surface area contributed by atoms with E-state index in [1.54, 1.807) is 0 Å². The fraction of sp³-hybridized carbons (Fsp3) is 1.00. The molecule has 3 unspecified atom stereocenters. The molecular formula is C16H32N2. The van der Waals surface area contributed by atoms with Crippen LogP contribution in [-0.4, -0.2) is 36.6 Å². The van der Waals surface area contributed by atoms with Crippen LogP contribution in [0.15, 0.2) is 0 Å². The third-order valence-corrected chi connectivity index (χ3v) is 5.14. The standard InChI is InChI=1S/C16H32N2/c1-3-14-9-5-6-11-16(14)18(4-2)13-15-10-7-8-12-17-15/h14-17H,3-13H2,1-2H3. The van der Waals surface area contributed by atoms with Crippen LogP contribution in [0.5, 0.6) is 0 Å². The molecule has 1 aliphatic heterocycles. The van der Waals surface area contributed by atoms with Crippen LogP contribution < -0.4 is 5.32 Å². The highest BCUT2D eigenvalue weighted by atomic mass is 15.2. The maximum Gasteiger partial charge on any atom is 0.0195 e. The Kier molecular flexibility index (Phi) is 5.97. The average molecular weight is 252 g/mol. The number of hydrogen-bond acceptors (Lipinski definition) is 2. The van der Waals surface area contributed by atoms with Gasteiger partial charge in [-0.15, -0.1) is 0 Å². The van der Waals surface area contributed by atoms with Crippen LogP contribution in [0.25, 0.3) is 0 Å². The molecule has 2 fully saturated rings. The maximum absolute atomic E-state index is 3.71. The highest BCUT2D eigenvalue weighted by Crippen LogP contribution is 2.31. The lowest BCUT2D eigenvalue weighted by molar-refractivity contribution is 0.0918. The van der Waals surface area contributed by atoms with Gasteiger partial charge in [-0.2, -0.15) is 0 Å². The number of nitrogens with one attached hydrogen (secondary N) is 1. The number of likely N-dealkylation sites (N-methyl/N-ethyl adjacent to an activating group) is 1. The lowest BCUT2D eigenvalue weighted by Crippen LogP contribution is -2.50. The van der Waals surface area contributed by atoms with E-state index in [9.17, 15) is 0 Å². The van der Waals surface area contributed by atoms with E-state index in [2.05, 4.69) is 24.1 Å². The first-order valence-electron chi connectivity index (χ1n) is 8.32. The monoisotopic (exact) mass is 252 g/mol. The number of hydrogen-bond donors (Lipinski definition) is 1. The fourth-order valence-corrected chi connectivity index (χ4v) is 4.01. The second kappa shape index (κ2) is 7.49. The van der Waals surface area contributed by atoms with E-state index in [0.29, 0.717) is 0 Å². The van der Waals surface area contributed by atoms with Crippen LogP contribution in [0.3, 0.4) is 0 Å². The molecule has 2 heteroatoms. The zero-order valence-electron chi connectivity index (χ0n) is 12.5. The highest BCUT2D eigenvalue weighted by Gasteiger charge is 2.29. The summed E-state index contributed by atoms with van der Waals surface area (Å²) in [5, 5.41) is 3.71. The molecule has 3 atom stereocenters. The Bertz CT molecular complexity index is 223. The molecular weight excluding hydrogens is 220 g/mol. The predicted octanol–water partition coefficient (Wildman–Crippen LogP) is 3.42. The average Bonchev–Trinajstić information content (AvgIpc) is 2.46. The van der Waals surface area contributed by atoms with Crippen LogP contribution in [-0.2, 0) is 0 Å². The zero-order chi connectivity index (χ0) is 12.8. The van der Waals surface area contributed by atoms with Gasteiger partial charge in [0.25, 0.3) is 0 Å². The Balaban J connectivity index is 1.89. The second-order valence-corrected chi connectivity index (χ2v) is 6.25. The Morgan fingerprint density at radius 3 is 2.44 bits per heavy atom. The first kappa shape index (κ1) is 14.3. The quantitative estimate of drug-likeness (QED) is 0.806. The van der Waals surface area contributed by atoms with Gasteiger partial charge < -0.3 is 5.32 Å². The first-order valence-corrected chi connectivity index (χ1v) is 8.32. The Morgan fingerprint density at radius 1 is 1.00 bits per heavy atom. The largest absolute Gasteiger partial charge is 0.313 e. The summed E-state index contributed by atoms with van der Waals surface area (Å²) in [6.45, 7) is 8.50. The van der Waals surface area contributed by atoms with Crippen LogP contribution >= 0.6 is 0 Å². The van der Waals surface area contributed by atoms with E-state index >= 15 is 0 Å². The third-order valence-electron chi connectivity index (χ3n) is 5.14. The zero-order valence-corrected chi connectivity index (χ0v) is 12.5. The minimum atomic E-state index is 0.762. The van der Waals surface area contributed by atoms with Crippen molar-refractivity contribution in [3.05, 3.63) is 0 Å². The molecule has 1 heterocycles. The molecule has 1 aliphatic carbocycles. The van der Waals surface area contributed by atoms with Crippen molar-refractivity contribution >= 4 is 0 Å². The van der Waals surface area contributed by atoms with Gasteiger partial charge in [-0.1, -0.05) is 39.5 Å². The molecule has 0 amide bonds. The van der Waals surface area contributed by atoms with Crippen molar-refractivity contribution in [1.29, 1.82) is 0 Å². The van der Waals surface area contributed by atoms with Gasteiger partial charge in [0.1, 0.15) is 0 Å². The molecule has 0 spiro atoms. The lowest BCUT2D eigenvalue weighted by Gasteiger charge is -2.41. The molecule has 0 aromatic heterocycles. The topological polar surface area (TPSA) is 15.3 Å². The normalized spacial score (nSPS) is 33.8. The molecule has 0 radical (unpaired) electrons. The first-order chi connectivity index (χ1) is 8.85. The molecule has 1 saturated carbocycles. The van der Waals surface area contributed by atoms with Crippen molar-refractivity contribution in [1.82, 2.24) is 10.2 Å². The minimum absolute atomic E-state index is 0.762. The summed E-state index contributed by atoms with van der Waals surface area (Å²) >= 11 is 0. The van der Waals surface area contributed by atoms with Crippen LogP contribution in [0, 0.1) is 5.92 Å². The van der Waals surface area contributed by atoms with Crippen molar-refractivity contribution in [2.75, 3.05) is 19.6 Å². The summed E-state index contributed by atoms with van der Waals surface area (Å²) in [5.41, 5.74) is 0. The van der Waals surface area contributed by atoms with Crippen molar-refractivity contribution in [3.63, 3.8) is 0 Å². The summed E-state index contributed by atoms with van der Waals surface area (Å²) in [7, 11) is 0. The van der Waals surface area contributed by atoms with Gasteiger partial charge in [0, 0.05) is 18.6 Å². The summed E-state index contributed by atoms with van der Waals surface area (Å²) < 4.78 is 0. The van der Waals surface area contributed by atoms with Crippen LogP contribution in [0.1, 0.15) is 65.2 Å².